The first-order chi connectivity index (χ1) is 8.65. The van der Waals surface area contributed by atoms with Crippen LogP contribution in [0.4, 0.5) is 4.79 Å². The van der Waals surface area contributed by atoms with E-state index in [0.717, 1.165) is 16.3 Å². The van der Waals surface area contributed by atoms with Crippen LogP contribution in [0.2, 0.25) is 0 Å². The molecule has 2 aromatic heterocycles. The van der Waals surface area contributed by atoms with Crippen molar-refractivity contribution in [2.24, 2.45) is 0 Å². The predicted octanol–water partition coefficient (Wildman–Crippen LogP) is 2.39. The summed E-state index contributed by atoms with van der Waals surface area (Å²) in [4.78, 5) is 14.5. The predicted molar refractivity (Wildman–Crippen MR) is 69.3 cm³/mol. The van der Waals surface area contributed by atoms with E-state index in [1.54, 1.807) is 23.3 Å². The lowest BCUT2D eigenvalue weighted by Gasteiger charge is -2.16. The van der Waals surface area contributed by atoms with Crippen LogP contribution >= 0.6 is 11.3 Å². The highest BCUT2D eigenvalue weighted by Gasteiger charge is 2.11. The molecule has 0 aliphatic carbocycles. The molecular formula is C12H15N3O2S. The van der Waals surface area contributed by atoms with Gasteiger partial charge in [-0.2, -0.15) is 0 Å². The van der Waals surface area contributed by atoms with Gasteiger partial charge in [0.25, 0.3) is 0 Å². The number of hydrogen-bond donors (Lipinski definition) is 1. The van der Waals surface area contributed by atoms with Crippen LogP contribution in [0.1, 0.15) is 16.3 Å². The van der Waals surface area contributed by atoms with Crippen LogP contribution in [0.25, 0.3) is 0 Å². The fourth-order valence-corrected chi connectivity index (χ4v) is 2.16. The van der Waals surface area contributed by atoms with Crippen molar-refractivity contribution < 1.29 is 9.32 Å². The van der Waals surface area contributed by atoms with E-state index in [0.29, 0.717) is 13.1 Å². The van der Waals surface area contributed by atoms with Gasteiger partial charge in [0.2, 0.25) is 0 Å². The summed E-state index contributed by atoms with van der Waals surface area (Å²) in [7, 11) is 1.73. The molecule has 2 amide bonds. The van der Waals surface area contributed by atoms with Crippen LogP contribution in [-0.2, 0) is 13.1 Å². The highest BCUT2D eigenvalue weighted by atomic mass is 32.1. The Morgan fingerprint density at radius 2 is 2.44 bits per heavy atom. The summed E-state index contributed by atoms with van der Waals surface area (Å²) in [5.74, 6) is 0.748. The maximum absolute atomic E-state index is 11.8. The summed E-state index contributed by atoms with van der Waals surface area (Å²) in [5.41, 5.74) is 0.751. The van der Waals surface area contributed by atoms with Crippen molar-refractivity contribution in [1.82, 2.24) is 15.4 Å². The van der Waals surface area contributed by atoms with Gasteiger partial charge in [-0.15, -0.1) is 11.3 Å². The zero-order valence-corrected chi connectivity index (χ0v) is 11.2. The van der Waals surface area contributed by atoms with Gasteiger partial charge in [-0.05, 0) is 18.4 Å². The van der Waals surface area contributed by atoms with Gasteiger partial charge in [-0.1, -0.05) is 11.2 Å². The number of urea groups is 1. The molecule has 1 N–H and O–H groups in total. The third kappa shape index (κ3) is 3.33. The summed E-state index contributed by atoms with van der Waals surface area (Å²) >= 11 is 1.62. The van der Waals surface area contributed by atoms with Gasteiger partial charge in [0.15, 0.2) is 0 Å². The van der Waals surface area contributed by atoms with E-state index >= 15 is 0 Å². The molecule has 18 heavy (non-hydrogen) atoms. The van der Waals surface area contributed by atoms with Crippen LogP contribution in [0.15, 0.2) is 28.1 Å². The minimum atomic E-state index is -0.121. The molecule has 0 atom stereocenters. The Morgan fingerprint density at radius 3 is 3.06 bits per heavy atom. The normalized spacial score (nSPS) is 10.3. The van der Waals surface area contributed by atoms with Crippen LogP contribution in [0, 0.1) is 6.92 Å². The Labute approximate surface area is 109 Å². The largest absolute Gasteiger partial charge is 0.361 e. The van der Waals surface area contributed by atoms with Crippen LogP contribution < -0.4 is 5.32 Å². The Morgan fingerprint density at radius 1 is 1.61 bits per heavy atom. The van der Waals surface area contributed by atoms with Crippen LogP contribution in [0.3, 0.4) is 0 Å². The number of hydrogen-bond acceptors (Lipinski definition) is 4. The Balaban J connectivity index is 1.81. The van der Waals surface area contributed by atoms with E-state index in [-0.39, 0.29) is 6.03 Å². The quantitative estimate of drug-likeness (QED) is 0.923. The second kappa shape index (κ2) is 5.68. The van der Waals surface area contributed by atoms with Crippen molar-refractivity contribution in [2.75, 3.05) is 7.05 Å². The fraction of sp³-hybridized carbons (Fsp3) is 0.333. The minimum absolute atomic E-state index is 0.121. The lowest BCUT2D eigenvalue weighted by atomic mass is 10.3. The molecule has 0 spiro atoms. The molecule has 0 saturated carbocycles. The Hall–Kier alpha value is -1.82. The molecule has 2 rings (SSSR count). The molecule has 0 radical (unpaired) electrons. The van der Waals surface area contributed by atoms with Crippen molar-refractivity contribution in [2.45, 2.75) is 20.0 Å². The van der Waals surface area contributed by atoms with Gasteiger partial charge < -0.3 is 14.7 Å². The maximum atomic E-state index is 11.8. The van der Waals surface area contributed by atoms with Gasteiger partial charge in [-0.3, -0.25) is 0 Å². The molecule has 0 fully saturated rings. The smallest absolute Gasteiger partial charge is 0.317 e. The standard InChI is InChI=1S/C12H15N3O2S/c1-9-6-10(14-17-9)8-15(2)12(16)13-7-11-4-3-5-18-11/h3-6H,7-8H2,1-2H3,(H,13,16). The molecular weight excluding hydrogens is 250 g/mol. The van der Waals surface area contributed by atoms with E-state index in [4.69, 9.17) is 4.52 Å². The van der Waals surface area contributed by atoms with E-state index in [9.17, 15) is 4.79 Å². The zero-order valence-electron chi connectivity index (χ0n) is 10.3. The lowest BCUT2D eigenvalue weighted by molar-refractivity contribution is 0.205. The highest BCUT2D eigenvalue weighted by molar-refractivity contribution is 7.09. The first-order valence-electron chi connectivity index (χ1n) is 5.58. The summed E-state index contributed by atoms with van der Waals surface area (Å²) < 4.78 is 4.96. The second-order valence-corrected chi connectivity index (χ2v) is 5.06. The number of carbonyl (C=O) groups is 1. The number of aryl methyl sites for hydroxylation is 1. The monoisotopic (exact) mass is 265 g/mol. The molecule has 6 heteroatoms. The lowest BCUT2D eigenvalue weighted by Crippen LogP contribution is -2.36. The first-order valence-corrected chi connectivity index (χ1v) is 6.46. The van der Waals surface area contributed by atoms with Crippen molar-refractivity contribution in [3.63, 3.8) is 0 Å². The Bertz CT molecular complexity index is 507. The first kappa shape index (κ1) is 12.6. The summed E-state index contributed by atoms with van der Waals surface area (Å²) in [6, 6.07) is 5.66. The van der Waals surface area contributed by atoms with Gasteiger partial charge in [0.05, 0.1) is 13.1 Å². The number of thiophene rings is 1. The Kier molecular flexibility index (Phi) is 3.99. The molecule has 0 saturated heterocycles. The average Bonchev–Trinajstić information content (AvgIpc) is 2.97. The van der Waals surface area contributed by atoms with Crippen molar-refractivity contribution >= 4 is 17.4 Å². The average molecular weight is 265 g/mol. The van der Waals surface area contributed by atoms with Crippen molar-refractivity contribution in [1.29, 1.82) is 0 Å². The van der Waals surface area contributed by atoms with Gasteiger partial charge in [-0.25, -0.2) is 4.79 Å². The second-order valence-electron chi connectivity index (χ2n) is 4.02. The topological polar surface area (TPSA) is 58.4 Å². The van der Waals surface area contributed by atoms with E-state index in [1.165, 1.54) is 0 Å². The molecule has 2 heterocycles. The molecule has 96 valence electrons. The molecule has 2 aromatic rings. The number of nitrogens with zero attached hydrogens (tertiary/aromatic N) is 2. The molecule has 0 bridgehead atoms. The molecule has 0 aliphatic heterocycles. The molecule has 0 aliphatic rings. The van der Waals surface area contributed by atoms with E-state index in [2.05, 4.69) is 10.5 Å². The molecule has 0 unspecified atom stereocenters. The number of rotatable bonds is 4. The van der Waals surface area contributed by atoms with Gasteiger partial charge in [0.1, 0.15) is 11.5 Å². The van der Waals surface area contributed by atoms with Crippen LogP contribution in [-0.4, -0.2) is 23.1 Å². The summed E-state index contributed by atoms with van der Waals surface area (Å²) in [6.07, 6.45) is 0. The number of aromatic nitrogens is 1. The number of carbonyl (C=O) groups excluding carboxylic acids is 1. The van der Waals surface area contributed by atoms with Crippen molar-refractivity contribution in [3.05, 3.63) is 39.9 Å². The van der Waals surface area contributed by atoms with Crippen molar-refractivity contribution in [3.8, 4) is 0 Å². The number of nitrogens with one attached hydrogen (secondary N) is 1. The molecule has 0 aromatic carbocycles. The highest BCUT2D eigenvalue weighted by Crippen LogP contribution is 2.08. The van der Waals surface area contributed by atoms with Gasteiger partial charge in [0, 0.05) is 18.0 Å². The summed E-state index contributed by atoms with van der Waals surface area (Å²) in [5, 5.41) is 8.69. The minimum Gasteiger partial charge on any atom is -0.361 e. The van der Waals surface area contributed by atoms with E-state index < -0.39 is 0 Å². The maximum Gasteiger partial charge on any atom is 0.317 e. The van der Waals surface area contributed by atoms with Gasteiger partial charge >= 0.3 is 6.03 Å². The summed E-state index contributed by atoms with van der Waals surface area (Å²) in [6.45, 7) is 2.82. The zero-order chi connectivity index (χ0) is 13.0. The fourth-order valence-electron chi connectivity index (χ4n) is 1.52. The third-order valence-corrected chi connectivity index (χ3v) is 3.29. The molecule has 5 nitrogen and oxygen atoms in total. The SMILES string of the molecule is Cc1cc(CN(C)C(=O)NCc2cccs2)no1. The number of amides is 2. The van der Waals surface area contributed by atoms with E-state index in [1.807, 2.05) is 30.5 Å². The van der Waals surface area contributed by atoms with Crippen LogP contribution in [0.5, 0.6) is 0 Å². The third-order valence-electron chi connectivity index (χ3n) is 2.42.